The summed E-state index contributed by atoms with van der Waals surface area (Å²) in [4.78, 5) is 50.2. The molecule has 2 aromatic carbocycles. The third-order valence-corrected chi connectivity index (χ3v) is 5.91. The quantitative estimate of drug-likeness (QED) is 0.419. The molecular weight excluding hydrogens is 512 g/mol. The van der Waals surface area contributed by atoms with E-state index < -0.39 is 29.6 Å². The van der Waals surface area contributed by atoms with Crippen LogP contribution in [0.1, 0.15) is 16.7 Å². The van der Waals surface area contributed by atoms with Gasteiger partial charge in [-0.3, -0.25) is 19.3 Å². The zero-order valence-corrected chi connectivity index (χ0v) is 20.5. The van der Waals surface area contributed by atoms with E-state index in [1.807, 2.05) is 32.0 Å². The summed E-state index contributed by atoms with van der Waals surface area (Å²) in [5.74, 6) is -1.28. The molecule has 0 aromatic heterocycles. The number of ether oxygens (including phenoxy) is 2. The summed E-state index contributed by atoms with van der Waals surface area (Å²) in [6.07, 6.45) is 1.49. The second-order valence-corrected chi connectivity index (χ2v) is 9.15. The average Bonchev–Trinajstić information content (AvgIpc) is 2.99. The van der Waals surface area contributed by atoms with Crippen LogP contribution in [0.4, 0.5) is 10.5 Å². The first-order valence-electron chi connectivity index (χ1n) is 9.79. The van der Waals surface area contributed by atoms with E-state index in [2.05, 4.69) is 26.0 Å². The number of rotatable bonds is 7. The van der Waals surface area contributed by atoms with Gasteiger partial charge in [0.15, 0.2) is 6.61 Å². The molecular formula is C23H21BrN2O6S. The predicted molar refractivity (Wildman–Crippen MR) is 129 cm³/mol. The molecule has 33 heavy (non-hydrogen) atoms. The summed E-state index contributed by atoms with van der Waals surface area (Å²) in [7, 11) is 1.25. The van der Waals surface area contributed by atoms with Gasteiger partial charge in [-0.1, -0.05) is 22.0 Å². The van der Waals surface area contributed by atoms with Gasteiger partial charge in [0, 0.05) is 15.7 Å². The molecule has 10 heteroatoms. The number of amides is 3. The molecule has 8 nitrogen and oxygen atoms in total. The van der Waals surface area contributed by atoms with E-state index in [-0.39, 0.29) is 11.5 Å². The molecule has 0 spiro atoms. The normalized spacial score (nSPS) is 14.5. The fourth-order valence-electron chi connectivity index (χ4n) is 3.13. The Morgan fingerprint density at radius 2 is 1.82 bits per heavy atom. The third kappa shape index (κ3) is 6.45. The zero-order valence-electron chi connectivity index (χ0n) is 18.1. The van der Waals surface area contributed by atoms with Crippen LogP contribution >= 0.6 is 27.7 Å². The SMILES string of the molecule is COC(=O)COc1ccc(Br)cc1/C=C1/SC(=O)N(CC(=O)Nc2cc(C)cc(C)c2)C1=O. The number of benzene rings is 2. The molecule has 1 aliphatic rings. The number of hydrogen-bond donors (Lipinski definition) is 1. The van der Waals surface area contributed by atoms with Crippen LogP contribution in [-0.2, 0) is 19.1 Å². The number of methoxy groups -OCH3 is 1. The van der Waals surface area contributed by atoms with Crippen molar-refractivity contribution in [3.63, 3.8) is 0 Å². The van der Waals surface area contributed by atoms with E-state index in [1.54, 1.807) is 18.2 Å². The third-order valence-electron chi connectivity index (χ3n) is 4.51. The van der Waals surface area contributed by atoms with Crippen molar-refractivity contribution in [2.24, 2.45) is 0 Å². The maximum atomic E-state index is 12.8. The smallest absolute Gasteiger partial charge is 0.343 e. The summed E-state index contributed by atoms with van der Waals surface area (Å²) in [5, 5.41) is 2.17. The number of hydrogen-bond acceptors (Lipinski definition) is 7. The van der Waals surface area contributed by atoms with Crippen molar-refractivity contribution in [1.29, 1.82) is 0 Å². The van der Waals surface area contributed by atoms with E-state index >= 15 is 0 Å². The molecule has 2 aromatic rings. The van der Waals surface area contributed by atoms with Crippen LogP contribution in [0.2, 0.25) is 0 Å². The summed E-state index contributed by atoms with van der Waals surface area (Å²) in [6, 6.07) is 10.6. The topological polar surface area (TPSA) is 102 Å². The molecule has 3 amide bonds. The standard InChI is InChI=1S/C23H21BrN2O6S/c1-13-6-14(2)8-17(7-13)25-20(27)11-26-22(29)19(33-23(26)30)10-15-9-16(24)4-5-18(15)32-12-21(28)31-3/h4-10H,11-12H2,1-3H3,(H,25,27)/b19-10+. The molecule has 0 radical (unpaired) electrons. The Hall–Kier alpha value is -3.11. The highest BCUT2D eigenvalue weighted by Crippen LogP contribution is 2.35. The molecule has 0 unspecified atom stereocenters. The van der Waals surface area contributed by atoms with Crippen LogP contribution in [0, 0.1) is 13.8 Å². The van der Waals surface area contributed by atoms with Crippen LogP contribution in [0.15, 0.2) is 45.8 Å². The number of nitrogens with one attached hydrogen (secondary N) is 1. The summed E-state index contributed by atoms with van der Waals surface area (Å²) < 4.78 is 10.8. The van der Waals surface area contributed by atoms with Gasteiger partial charge in [-0.2, -0.15) is 0 Å². The lowest BCUT2D eigenvalue weighted by Crippen LogP contribution is -2.36. The lowest BCUT2D eigenvalue weighted by atomic mass is 10.1. The van der Waals surface area contributed by atoms with E-state index in [0.717, 1.165) is 27.8 Å². The first kappa shape index (κ1) is 24.5. The minimum absolute atomic E-state index is 0.139. The fourth-order valence-corrected chi connectivity index (χ4v) is 4.34. The van der Waals surface area contributed by atoms with Crippen molar-refractivity contribution in [3.8, 4) is 5.75 Å². The molecule has 1 heterocycles. The fraction of sp³-hybridized carbons (Fsp3) is 0.217. The number of halogens is 1. The predicted octanol–water partition coefficient (Wildman–Crippen LogP) is 4.29. The highest BCUT2D eigenvalue weighted by Gasteiger charge is 2.36. The van der Waals surface area contributed by atoms with Crippen molar-refractivity contribution in [1.82, 2.24) is 4.90 Å². The maximum absolute atomic E-state index is 12.8. The Kier molecular flexibility index (Phi) is 7.93. The molecule has 0 atom stereocenters. The molecule has 1 saturated heterocycles. The second-order valence-electron chi connectivity index (χ2n) is 7.24. The van der Waals surface area contributed by atoms with Crippen molar-refractivity contribution in [2.75, 3.05) is 25.6 Å². The highest BCUT2D eigenvalue weighted by molar-refractivity contribution is 9.10. The molecule has 0 aliphatic carbocycles. The Morgan fingerprint density at radius 3 is 2.48 bits per heavy atom. The van der Waals surface area contributed by atoms with Crippen LogP contribution in [0.5, 0.6) is 5.75 Å². The number of thioether (sulfide) groups is 1. The number of imide groups is 1. The minimum atomic E-state index is -0.584. The molecule has 1 N–H and O–H groups in total. The molecule has 3 rings (SSSR count). The van der Waals surface area contributed by atoms with Crippen LogP contribution in [-0.4, -0.2) is 48.2 Å². The van der Waals surface area contributed by atoms with Gasteiger partial charge in [0.1, 0.15) is 12.3 Å². The first-order valence-corrected chi connectivity index (χ1v) is 11.4. The molecule has 172 valence electrons. The molecule has 1 fully saturated rings. The summed E-state index contributed by atoms with van der Waals surface area (Å²) >= 11 is 4.08. The van der Waals surface area contributed by atoms with Crippen molar-refractivity contribution in [3.05, 3.63) is 62.5 Å². The lowest BCUT2D eigenvalue weighted by Gasteiger charge is -2.13. The first-order chi connectivity index (χ1) is 15.7. The van der Waals surface area contributed by atoms with Gasteiger partial charge in [-0.25, -0.2) is 4.79 Å². The van der Waals surface area contributed by atoms with Gasteiger partial charge >= 0.3 is 5.97 Å². The number of carbonyl (C=O) groups excluding carboxylic acids is 4. The number of aryl methyl sites for hydroxylation is 2. The lowest BCUT2D eigenvalue weighted by molar-refractivity contribution is -0.142. The summed E-state index contributed by atoms with van der Waals surface area (Å²) in [5.41, 5.74) is 3.05. The van der Waals surface area contributed by atoms with Gasteiger partial charge in [0.2, 0.25) is 5.91 Å². The van der Waals surface area contributed by atoms with E-state index in [1.165, 1.54) is 13.2 Å². The number of carbonyl (C=O) groups is 4. The Balaban J connectivity index is 1.75. The van der Waals surface area contributed by atoms with Gasteiger partial charge in [0.05, 0.1) is 12.0 Å². The van der Waals surface area contributed by atoms with Crippen LogP contribution < -0.4 is 10.1 Å². The monoisotopic (exact) mass is 532 g/mol. The van der Waals surface area contributed by atoms with E-state index in [0.29, 0.717) is 21.5 Å². The largest absolute Gasteiger partial charge is 0.481 e. The van der Waals surface area contributed by atoms with Crippen molar-refractivity contribution < 1.29 is 28.7 Å². The van der Waals surface area contributed by atoms with Crippen LogP contribution in [0.25, 0.3) is 6.08 Å². The second kappa shape index (κ2) is 10.7. The highest BCUT2D eigenvalue weighted by atomic mass is 79.9. The Labute approximate surface area is 203 Å². The molecule has 1 aliphatic heterocycles. The van der Waals surface area contributed by atoms with E-state index in [4.69, 9.17) is 4.74 Å². The Morgan fingerprint density at radius 1 is 1.12 bits per heavy atom. The zero-order chi connectivity index (χ0) is 24.1. The number of esters is 1. The Bertz CT molecular complexity index is 1140. The van der Waals surface area contributed by atoms with Gasteiger partial charge in [-0.05, 0) is 73.1 Å². The summed E-state index contributed by atoms with van der Waals surface area (Å²) in [6.45, 7) is 3.11. The van der Waals surface area contributed by atoms with Gasteiger partial charge in [0.25, 0.3) is 11.1 Å². The maximum Gasteiger partial charge on any atom is 0.343 e. The van der Waals surface area contributed by atoms with E-state index in [9.17, 15) is 19.2 Å². The molecule has 0 saturated carbocycles. The van der Waals surface area contributed by atoms with Crippen molar-refractivity contribution >= 4 is 62.5 Å². The van der Waals surface area contributed by atoms with Crippen molar-refractivity contribution in [2.45, 2.75) is 13.8 Å². The minimum Gasteiger partial charge on any atom is -0.481 e. The average molecular weight is 533 g/mol. The van der Waals surface area contributed by atoms with Gasteiger partial charge < -0.3 is 14.8 Å². The molecule has 0 bridgehead atoms. The van der Waals surface area contributed by atoms with Crippen LogP contribution in [0.3, 0.4) is 0 Å². The van der Waals surface area contributed by atoms with Gasteiger partial charge in [-0.15, -0.1) is 0 Å². The number of anilines is 1. The number of nitrogens with zero attached hydrogens (tertiary/aromatic N) is 1.